The Labute approximate surface area is 140 Å². The van der Waals surface area contributed by atoms with Gasteiger partial charge in [0.05, 0.1) is 0 Å². The van der Waals surface area contributed by atoms with E-state index >= 15 is 0 Å². The van der Waals surface area contributed by atoms with E-state index in [-0.39, 0.29) is 0 Å². The SMILES string of the molecule is CCCCc1cccc(PC2(C)CCCCC2)c1CCCC. The first-order valence-electron chi connectivity index (χ1n) is 9.57. The summed E-state index contributed by atoms with van der Waals surface area (Å²) in [5.74, 6) is 0. The van der Waals surface area contributed by atoms with E-state index in [1.54, 1.807) is 16.4 Å². The van der Waals surface area contributed by atoms with Gasteiger partial charge >= 0.3 is 0 Å². The van der Waals surface area contributed by atoms with Crippen LogP contribution in [-0.4, -0.2) is 5.16 Å². The molecule has 0 saturated heterocycles. The number of rotatable bonds is 8. The maximum atomic E-state index is 2.55. The summed E-state index contributed by atoms with van der Waals surface area (Å²) in [6.45, 7) is 7.17. The van der Waals surface area contributed by atoms with Crippen molar-refractivity contribution in [1.29, 1.82) is 0 Å². The van der Waals surface area contributed by atoms with Crippen molar-refractivity contribution in [3.05, 3.63) is 29.3 Å². The summed E-state index contributed by atoms with van der Waals surface area (Å²) in [6, 6.07) is 7.17. The summed E-state index contributed by atoms with van der Waals surface area (Å²) in [7, 11) is 1.02. The summed E-state index contributed by atoms with van der Waals surface area (Å²) in [5, 5.41) is 2.29. The van der Waals surface area contributed by atoms with Crippen molar-refractivity contribution in [2.45, 2.75) is 96.6 Å². The van der Waals surface area contributed by atoms with E-state index in [0.717, 1.165) is 8.58 Å². The molecule has 1 fully saturated rings. The molecular formula is C21H35P. The average Bonchev–Trinajstić information content (AvgIpc) is 2.52. The van der Waals surface area contributed by atoms with Gasteiger partial charge in [-0.15, -0.1) is 0 Å². The first-order valence-corrected chi connectivity index (χ1v) is 10.6. The summed E-state index contributed by atoms with van der Waals surface area (Å²) < 4.78 is 0. The molecule has 1 atom stereocenters. The van der Waals surface area contributed by atoms with Crippen molar-refractivity contribution in [3.8, 4) is 0 Å². The molecular weight excluding hydrogens is 283 g/mol. The van der Waals surface area contributed by atoms with E-state index in [4.69, 9.17) is 0 Å². The van der Waals surface area contributed by atoms with Crippen LogP contribution in [0.5, 0.6) is 0 Å². The molecule has 0 bridgehead atoms. The highest BCUT2D eigenvalue weighted by Crippen LogP contribution is 2.44. The maximum Gasteiger partial charge on any atom is -0.0110 e. The van der Waals surface area contributed by atoms with Crippen molar-refractivity contribution in [3.63, 3.8) is 0 Å². The van der Waals surface area contributed by atoms with Crippen molar-refractivity contribution in [1.82, 2.24) is 0 Å². The Morgan fingerprint density at radius 2 is 1.64 bits per heavy atom. The quantitative estimate of drug-likeness (QED) is 0.487. The van der Waals surface area contributed by atoms with Gasteiger partial charge in [-0.2, -0.15) is 0 Å². The Morgan fingerprint density at radius 1 is 0.955 bits per heavy atom. The third-order valence-electron chi connectivity index (χ3n) is 5.25. The third-order valence-corrected chi connectivity index (χ3v) is 7.09. The number of unbranched alkanes of at least 4 members (excludes halogenated alkanes) is 2. The van der Waals surface area contributed by atoms with Gasteiger partial charge in [-0.25, -0.2) is 0 Å². The predicted octanol–water partition coefficient (Wildman–Crippen LogP) is 6.40. The summed E-state index contributed by atoms with van der Waals surface area (Å²) >= 11 is 0. The molecule has 0 spiro atoms. The molecule has 1 saturated carbocycles. The fourth-order valence-corrected chi connectivity index (χ4v) is 5.65. The average molecular weight is 318 g/mol. The Bertz CT molecular complexity index is 443. The Kier molecular flexibility index (Phi) is 7.42. The van der Waals surface area contributed by atoms with Crippen LogP contribution in [0.1, 0.15) is 89.7 Å². The van der Waals surface area contributed by atoms with E-state index in [9.17, 15) is 0 Å². The molecule has 1 unspecified atom stereocenters. The van der Waals surface area contributed by atoms with Crippen molar-refractivity contribution >= 4 is 13.9 Å². The second-order valence-electron chi connectivity index (χ2n) is 7.40. The molecule has 0 amide bonds. The molecule has 0 heterocycles. The molecule has 1 heteroatoms. The maximum absolute atomic E-state index is 2.55. The standard InChI is InChI=1S/C21H35P/c1-4-6-12-18-13-11-15-20(19(18)14-7-5-2)22-21(3)16-9-8-10-17-21/h11,13,15,22H,4-10,12,14,16-17H2,1-3H3. The number of benzene rings is 1. The number of hydrogen-bond acceptors (Lipinski definition) is 0. The van der Waals surface area contributed by atoms with Gasteiger partial charge in [-0.05, 0) is 60.1 Å². The molecule has 1 aromatic rings. The van der Waals surface area contributed by atoms with Crippen LogP contribution in [0.15, 0.2) is 18.2 Å². The highest BCUT2D eigenvalue weighted by Gasteiger charge is 2.28. The summed E-state index contributed by atoms with van der Waals surface area (Å²) in [4.78, 5) is 0. The van der Waals surface area contributed by atoms with Gasteiger partial charge in [0.25, 0.3) is 0 Å². The summed E-state index contributed by atoms with van der Waals surface area (Å²) in [5.41, 5.74) is 3.38. The monoisotopic (exact) mass is 318 g/mol. The zero-order valence-electron chi connectivity index (χ0n) is 15.0. The number of hydrogen-bond donors (Lipinski definition) is 0. The van der Waals surface area contributed by atoms with Gasteiger partial charge < -0.3 is 0 Å². The van der Waals surface area contributed by atoms with Gasteiger partial charge in [0.2, 0.25) is 0 Å². The first kappa shape index (κ1) is 18.0. The minimum Gasteiger partial charge on any atom is -0.0840 e. The van der Waals surface area contributed by atoms with Gasteiger partial charge in [-0.3, -0.25) is 0 Å². The van der Waals surface area contributed by atoms with Crippen molar-refractivity contribution in [2.75, 3.05) is 0 Å². The zero-order valence-corrected chi connectivity index (χ0v) is 16.0. The molecule has 0 aromatic heterocycles. The van der Waals surface area contributed by atoms with Crippen LogP contribution in [0.25, 0.3) is 0 Å². The highest BCUT2D eigenvalue weighted by atomic mass is 31.1. The zero-order chi connectivity index (χ0) is 15.8. The van der Waals surface area contributed by atoms with Crippen LogP contribution in [-0.2, 0) is 12.8 Å². The molecule has 1 aromatic carbocycles. The van der Waals surface area contributed by atoms with Crippen LogP contribution < -0.4 is 5.30 Å². The third kappa shape index (κ3) is 5.09. The molecule has 124 valence electrons. The Balaban J connectivity index is 2.20. The molecule has 1 aliphatic carbocycles. The largest absolute Gasteiger partial charge is 0.0840 e. The van der Waals surface area contributed by atoms with E-state index in [2.05, 4.69) is 39.0 Å². The lowest BCUT2D eigenvalue weighted by atomic mass is 9.90. The van der Waals surface area contributed by atoms with Crippen LogP contribution in [0.4, 0.5) is 0 Å². The second-order valence-corrected chi connectivity index (χ2v) is 9.39. The minimum absolute atomic E-state index is 0.586. The lowest BCUT2D eigenvalue weighted by Gasteiger charge is -2.34. The Morgan fingerprint density at radius 3 is 2.32 bits per heavy atom. The normalized spacial score (nSPS) is 18.1. The van der Waals surface area contributed by atoms with Crippen molar-refractivity contribution < 1.29 is 0 Å². The van der Waals surface area contributed by atoms with E-state index in [1.165, 1.54) is 70.6 Å². The molecule has 1 aliphatic rings. The fourth-order valence-electron chi connectivity index (χ4n) is 3.78. The van der Waals surface area contributed by atoms with E-state index in [0.29, 0.717) is 5.16 Å². The second kappa shape index (κ2) is 9.07. The van der Waals surface area contributed by atoms with Crippen LogP contribution in [0.2, 0.25) is 0 Å². The highest BCUT2D eigenvalue weighted by molar-refractivity contribution is 7.49. The van der Waals surface area contributed by atoms with Gasteiger partial charge in [-0.1, -0.05) is 79.7 Å². The van der Waals surface area contributed by atoms with Gasteiger partial charge in [0.1, 0.15) is 0 Å². The topological polar surface area (TPSA) is 0 Å². The van der Waals surface area contributed by atoms with E-state index in [1.807, 2.05) is 0 Å². The van der Waals surface area contributed by atoms with Crippen LogP contribution in [0, 0.1) is 0 Å². The molecule has 0 radical (unpaired) electrons. The van der Waals surface area contributed by atoms with Crippen LogP contribution >= 0.6 is 8.58 Å². The van der Waals surface area contributed by atoms with Gasteiger partial charge in [0.15, 0.2) is 0 Å². The smallest absolute Gasteiger partial charge is 0.0110 e. The van der Waals surface area contributed by atoms with Crippen molar-refractivity contribution in [2.24, 2.45) is 0 Å². The first-order chi connectivity index (χ1) is 10.7. The lowest BCUT2D eigenvalue weighted by molar-refractivity contribution is 0.419. The minimum atomic E-state index is 0.586. The molecule has 0 N–H and O–H groups in total. The van der Waals surface area contributed by atoms with Crippen LogP contribution in [0.3, 0.4) is 0 Å². The Hall–Kier alpha value is -0.350. The lowest BCUT2D eigenvalue weighted by Crippen LogP contribution is -2.26. The summed E-state index contributed by atoms with van der Waals surface area (Å²) in [6.07, 6.45) is 15.1. The molecule has 0 aliphatic heterocycles. The van der Waals surface area contributed by atoms with Gasteiger partial charge in [0, 0.05) is 0 Å². The fraction of sp³-hybridized carbons (Fsp3) is 0.714. The van der Waals surface area contributed by atoms with E-state index < -0.39 is 0 Å². The molecule has 0 nitrogen and oxygen atoms in total. The number of aryl methyl sites for hydroxylation is 1. The predicted molar refractivity (Wildman–Crippen MR) is 103 cm³/mol. The molecule has 2 rings (SSSR count). The molecule has 22 heavy (non-hydrogen) atoms.